The molecule has 1 saturated heterocycles. The number of allylic oxidation sites excluding steroid dienone is 2. The highest BCUT2D eigenvalue weighted by molar-refractivity contribution is 7.22. The smallest absolute Gasteiger partial charge is 0.240 e. The first-order valence-corrected chi connectivity index (χ1v) is 7.97. The molecular formula is C16H12N2O2S. The topological polar surface area (TPSA) is 50.3 Å². The van der Waals surface area contributed by atoms with Gasteiger partial charge in [-0.1, -0.05) is 35.6 Å². The molecule has 1 saturated carbocycles. The summed E-state index contributed by atoms with van der Waals surface area (Å²) in [6.45, 7) is 0. The van der Waals surface area contributed by atoms with Crippen LogP contribution in [0.25, 0.3) is 10.2 Å². The lowest BCUT2D eigenvalue weighted by Crippen LogP contribution is -2.32. The number of hydrogen-bond donors (Lipinski definition) is 0. The van der Waals surface area contributed by atoms with Gasteiger partial charge < -0.3 is 0 Å². The number of anilines is 1. The lowest BCUT2D eigenvalue weighted by molar-refractivity contribution is -0.123. The van der Waals surface area contributed by atoms with Crippen molar-refractivity contribution >= 4 is 38.5 Å². The number of fused-ring (bicyclic) bond motifs is 6. The van der Waals surface area contributed by atoms with Crippen LogP contribution in [0.5, 0.6) is 0 Å². The van der Waals surface area contributed by atoms with Crippen molar-refractivity contribution in [2.75, 3.05) is 4.90 Å². The molecule has 5 rings (SSSR count). The number of nitrogens with zero attached hydrogens (tertiary/aromatic N) is 2. The van der Waals surface area contributed by atoms with Gasteiger partial charge in [0.25, 0.3) is 0 Å². The summed E-state index contributed by atoms with van der Waals surface area (Å²) in [5.41, 5.74) is 0.844. The zero-order valence-electron chi connectivity index (χ0n) is 11.1. The third kappa shape index (κ3) is 1.37. The lowest BCUT2D eigenvalue weighted by atomic mass is 9.85. The first-order valence-electron chi connectivity index (χ1n) is 7.16. The number of hydrogen-bond acceptors (Lipinski definition) is 4. The molecule has 2 aliphatic carbocycles. The van der Waals surface area contributed by atoms with E-state index < -0.39 is 0 Å². The molecule has 0 spiro atoms. The fraction of sp³-hybridized carbons (Fsp3) is 0.312. The maximum Gasteiger partial charge on any atom is 0.240 e. The van der Waals surface area contributed by atoms with Gasteiger partial charge in [-0.2, -0.15) is 0 Å². The molecule has 4 nitrogen and oxygen atoms in total. The van der Waals surface area contributed by atoms with Crippen molar-refractivity contribution in [2.24, 2.45) is 23.7 Å². The molecule has 104 valence electrons. The number of thiazole rings is 1. The molecule has 1 aromatic heterocycles. The van der Waals surface area contributed by atoms with E-state index in [9.17, 15) is 9.59 Å². The van der Waals surface area contributed by atoms with Gasteiger partial charge in [-0.05, 0) is 30.4 Å². The van der Waals surface area contributed by atoms with Gasteiger partial charge in [-0.15, -0.1) is 0 Å². The second kappa shape index (κ2) is 3.80. The van der Waals surface area contributed by atoms with E-state index in [1.165, 1.54) is 16.2 Å². The molecular weight excluding hydrogens is 284 g/mol. The molecule has 4 atom stereocenters. The fourth-order valence-corrected chi connectivity index (χ4v) is 5.02. The summed E-state index contributed by atoms with van der Waals surface area (Å²) in [6, 6.07) is 7.73. The number of para-hydroxylation sites is 1. The second-order valence-corrected chi connectivity index (χ2v) is 6.99. The van der Waals surface area contributed by atoms with E-state index in [0.717, 1.165) is 16.6 Å². The molecule has 0 unspecified atom stereocenters. The van der Waals surface area contributed by atoms with E-state index in [1.807, 2.05) is 24.3 Å². The van der Waals surface area contributed by atoms with Gasteiger partial charge in [-0.25, -0.2) is 9.88 Å². The van der Waals surface area contributed by atoms with Crippen LogP contribution in [0.2, 0.25) is 0 Å². The summed E-state index contributed by atoms with van der Waals surface area (Å²) in [7, 11) is 0. The monoisotopic (exact) mass is 296 g/mol. The van der Waals surface area contributed by atoms with Crippen LogP contribution in [-0.4, -0.2) is 16.8 Å². The maximum atomic E-state index is 12.7. The third-order valence-electron chi connectivity index (χ3n) is 4.94. The lowest BCUT2D eigenvalue weighted by Gasteiger charge is -2.14. The van der Waals surface area contributed by atoms with Crippen LogP contribution in [0, 0.1) is 23.7 Å². The average Bonchev–Trinajstić information content (AvgIpc) is 3.21. The number of benzene rings is 1. The predicted octanol–water partition coefficient (Wildman–Crippen LogP) is 2.61. The Labute approximate surface area is 125 Å². The highest BCUT2D eigenvalue weighted by Gasteiger charge is 2.60. The Bertz CT molecular complexity index is 762. The van der Waals surface area contributed by atoms with Crippen LogP contribution in [0.1, 0.15) is 6.42 Å². The Hall–Kier alpha value is -2.01. The van der Waals surface area contributed by atoms with Crippen molar-refractivity contribution in [3.63, 3.8) is 0 Å². The third-order valence-corrected chi connectivity index (χ3v) is 5.97. The fourth-order valence-electron chi connectivity index (χ4n) is 4.05. The number of carbonyl (C=O) groups is 2. The Morgan fingerprint density at radius 1 is 1.05 bits per heavy atom. The van der Waals surface area contributed by atoms with Crippen LogP contribution in [0.4, 0.5) is 5.13 Å². The van der Waals surface area contributed by atoms with Crippen LogP contribution >= 0.6 is 11.3 Å². The zero-order valence-corrected chi connectivity index (χ0v) is 11.9. The average molecular weight is 296 g/mol. The summed E-state index contributed by atoms with van der Waals surface area (Å²) in [6.07, 6.45) is 5.18. The minimum atomic E-state index is -0.153. The number of aromatic nitrogens is 1. The largest absolute Gasteiger partial charge is 0.274 e. The number of amides is 2. The molecule has 2 heterocycles. The van der Waals surface area contributed by atoms with Crippen molar-refractivity contribution in [1.82, 2.24) is 4.98 Å². The van der Waals surface area contributed by atoms with Crippen LogP contribution in [-0.2, 0) is 9.59 Å². The molecule has 21 heavy (non-hydrogen) atoms. The van der Waals surface area contributed by atoms with Crippen LogP contribution < -0.4 is 4.90 Å². The van der Waals surface area contributed by atoms with Gasteiger partial charge in [-0.3, -0.25) is 9.59 Å². The molecule has 1 aromatic carbocycles. The summed E-state index contributed by atoms with van der Waals surface area (Å²) >= 11 is 1.42. The van der Waals surface area contributed by atoms with Crippen LogP contribution in [0.3, 0.4) is 0 Å². The van der Waals surface area contributed by atoms with Gasteiger partial charge in [0, 0.05) is 0 Å². The van der Waals surface area contributed by atoms with Crippen molar-refractivity contribution in [1.29, 1.82) is 0 Å². The molecule has 3 aliphatic rings. The summed E-state index contributed by atoms with van der Waals surface area (Å²) in [4.78, 5) is 31.2. The summed E-state index contributed by atoms with van der Waals surface area (Å²) < 4.78 is 1.01. The van der Waals surface area contributed by atoms with Gasteiger partial charge in [0.1, 0.15) is 0 Å². The molecule has 2 amide bonds. The van der Waals surface area contributed by atoms with Crippen molar-refractivity contribution in [3.05, 3.63) is 36.4 Å². The molecule has 0 N–H and O–H groups in total. The SMILES string of the molecule is O=C1[C@@H]2[C@H](C(=O)N1c1nc3ccccc3s1)[C@H]1C=C[C@H]2C1. The molecule has 1 aliphatic heterocycles. The standard InChI is InChI=1S/C16H12N2O2S/c19-14-12-8-5-6-9(7-8)13(12)15(20)18(14)16-17-10-3-1-2-4-11(10)21-16/h1-6,8-9,12-13H,7H2/t8-,9-,12-,13+/m0/s1. The number of imide groups is 1. The number of rotatable bonds is 1. The Balaban J connectivity index is 1.61. The predicted molar refractivity (Wildman–Crippen MR) is 79.8 cm³/mol. The van der Waals surface area contributed by atoms with Crippen molar-refractivity contribution in [2.45, 2.75) is 6.42 Å². The maximum absolute atomic E-state index is 12.7. The zero-order chi connectivity index (χ0) is 14.1. The molecule has 5 heteroatoms. The molecule has 2 fully saturated rings. The minimum absolute atomic E-state index is 0.0547. The molecule has 2 bridgehead atoms. The van der Waals surface area contributed by atoms with Crippen LogP contribution in [0.15, 0.2) is 36.4 Å². The van der Waals surface area contributed by atoms with Gasteiger partial charge in [0.2, 0.25) is 11.8 Å². The molecule has 0 radical (unpaired) electrons. The van der Waals surface area contributed by atoms with E-state index >= 15 is 0 Å². The quantitative estimate of drug-likeness (QED) is 0.600. The van der Waals surface area contributed by atoms with E-state index in [4.69, 9.17) is 0 Å². The highest BCUT2D eigenvalue weighted by Crippen LogP contribution is 2.53. The van der Waals surface area contributed by atoms with E-state index in [0.29, 0.717) is 5.13 Å². The first-order chi connectivity index (χ1) is 10.2. The van der Waals surface area contributed by atoms with Gasteiger partial charge in [0.05, 0.1) is 22.1 Å². The second-order valence-electron chi connectivity index (χ2n) is 5.98. The number of carbonyl (C=O) groups excluding carboxylic acids is 2. The van der Waals surface area contributed by atoms with E-state index in [1.54, 1.807) is 0 Å². The van der Waals surface area contributed by atoms with Gasteiger partial charge >= 0.3 is 0 Å². The highest BCUT2D eigenvalue weighted by atomic mass is 32.1. The molecule has 2 aromatic rings. The summed E-state index contributed by atoms with van der Waals surface area (Å²) in [5, 5.41) is 0.528. The first kappa shape index (κ1) is 11.6. The van der Waals surface area contributed by atoms with Gasteiger partial charge in [0.15, 0.2) is 5.13 Å². The normalized spacial score (nSPS) is 33.4. The Morgan fingerprint density at radius 3 is 2.38 bits per heavy atom. The van der Waals surface area contributed by atoms with E-state index in [2.05, 4.69) is 17.1 Å². The summed E-state index contributed by atoms with van der Waals surface area (Å²) in [5.74, 6) is 0.0764. The Kier molecular flexibility index (Phi) is 2.10. The van der Waals surface area contributed by atoms with Crippen molar-refractivity contribution in [3.8, 4) is 0 Å². The Morgan fingerprint density at radius 2 is 1.71 bits per heavy atom. The van der Waals surface area contributed by atoms with Crippen molar-refractivity contribution < 1.29 is 9.59 Å². The van der Waals surface area contributed by atoms with E-state index in [-0.39, 0.29) is 35.5 Å². The minimum Gasteiger partial charge on any atom is -0.274 e.